The van der Waals surface area contributed by atoms with Gasteiger partial charge in [-0.15, -0.1) is 0 Å². The van der Waals surface area contributed by atoms with E-state index in [1.54, 1.807) is 38.8 Å². The Hall–Kier alpha value is -4.73. The number of carbonyl (C=O) groups excluding carboxylic acids is 4. The van der Waals surface area contributed by atoms with Crippen molar-refractivity contribution in [1.29, 1.82) is 0 Å². The molecule has 15 nitrogen and oxygen atoms in total. The first-order valence-electron chi connectivity index (χ1n) is 20.0. The van der Waals surface area contributed by atoms with Gasteiger partial charge in [-0.1, -0.05) is 52.0 Å². The number of rotatable bonds is 5. The van der Waals surface area contributed by atoms with Crippen molar-refractivity contribution in [2.45, 2.75) is 135 Å². The highest BCUT2D eigenvalue weighted by atomic mass is 32.2. The number of imidazole rings is 1. The van der Waals surface area contributed by atoms with E-state index in [0.29, 0.717) is 30.4 Å². The van der Waals surface area contributed by atoms with Gasteiger partial charge < -0.3 is 25.4 Å². The molecule has 3 aromatic rings. The smallest absolute Gasteiger partial charge is 0.405 e. The third-order valence-electron chi connectivity index (χ3n) is 10.9. The van der Waals surface area contributed by atoms with Gasteiger partial charge in [0.15, 0.2) is 0 Å². The molecule has 57 heavy (non-hydrogen) atoms. The maximum Gasteiger partial charge on any atom is 0.405 e. The molecule has 318 valence electrons. The molecule has 2 aliphatic carbocycles. The second-order valence-electron chi connectivity index (χ2n) is 16.9. The number of fused-ring (bicyclic) bond motifs is 5. The van der Waals surface area contributed by atoms with Crippen LogP contribution in [0, 0.1) is 17.8 Å². The van der Waals surface area contributed by atoms with Crippen molar-refractivity contribution in [3.8, 4) is 5.88 Å². The van der Waals surface area contributed by atoms with Crippen LogP contribution in [-0.4, -0.2) is 86.1 Å². The van der Waals surface area contributed by atoms with Gasteiger partial charge in [-0.2, -0.15) is 4.98 Å². The Bertz CT molecular complexity index is 2120. The number of nitrogens with zero attached hydrogens (tertiary/aromatic N) is 4. The lowest BCUT2D eigenvalue weighted by Crippen LogP contribution is -2.57. The molecule has 2 saturated carbocycles. The van der Waals surface area contributed by atoms with Gasteiger partial charge in [0, 0.05) is 35.4 Å². The number of carbonyl (C=O) groups is 4. The Morgan fingerprint density at radius 3 is 2.44 bits per heavy atom. The predicted molar refractivity (Wildman–Crippen MR) is 223 cm³/mol. The average Bonchev–Trinajstić information content (AvgIpc) is 3.91. The highest BCUT2D eigenvalue weighted by molar-refractivity contribution is 7.91. The third kappa shape index (κ3) is 10.1. The molecule has 0 bridgehead atoms. The number of amides is 4. The molecule has 4 heterocycles. The van der Waals surface area contributed by atoms with Gasteiger partial charge in [0.25, 0.3) is 5.91 Å². The molecule has 0 radical (unpaired) electrons. The van der Waals surface area contributed by atoms with E-state index in [1.807, 2.05) is 60.9 Å². The minimum absolute atomic E-state index is 0. The second-order valence-corrected chi connectivity index (χ2v) is 19.1. The fourth-order valence-electron chi connectivity index (χ4n) is 7.55. The van der Waals surface area contributed by atoms with Crippen LogP contribution in [-0.2, 0) is 29.1 Å². The molecule has 4 aliphatic rings. The van der Waals surface area contributed by atoms with Crippen molar-refractivity contribution in [1.82, 2.24) is 29.3 Å². The molecule has 3 fully saturated rings. The number of nitrogens with one attached hydrogen (secondary N) is 2. The van der Waals surface area contributed by atoms with Crippen molar-refractivity contribution in [2.24, 2.45) is 23.5 Å². The minimum atomic E-state index is -3.92. The fourth-order valence-corrected chi connectivity index (χ4v) is 8.86. The molecule has 1 aromatic carbocycles. The first-order chi connectivity index (χ1) is 26.8. The largest absolute Gasteiger partial charge is 0.472 e. The van der Waals surface area contributed by atoms with E-state index >= 15 is 0 Å². The lowest BCUT2D eigenvalue weighted by atomic mass is 9.91. The van der Waals surface area contributed by atoms with Crippen molar-refractivity contribution in [3.63, 3.8) is 0 Å². The van der Waals surface area contributed by atoms with Gasteiger partial charge in [0.2, 0.25) is 33.5 Å². The summed E-state index contributed by atoms with van der Waals surface area (Å²) in [4.78, 5) is 62.3. The summed E-state index contributed by atoms with van der Waals surface area (Å²) in [6.07, 6.45) is 10.5. The molecule has 4 amide bonds. The molecule has 1 saturated heterocycles. The van der Waals surface area contributed by atoms with Crippen LogP contribution >= 0.6 is 0 Å². The van der Waals surface area contributed by atoms with Crippen molar-refractivity contribution >= 4 is 50.5 Å². The van der Waals surface area contributed by atoms with Crippen LogP contribution in [0.2, 0.25) is 0 Å². The zero-order valence-corrected chi connectivity index (χ0v) is 35.2. The summed E-state index contributed by atoms with van der Waals surface area (Å²) in [7, 11) is -3.92. The Labute approximate surface area is 340 Å². The van der Waals surface area contributed by atoms with Crippen LogP contribution in [0.4, 0.5) is 4.79 Å². The number of benzene rings is 1. The van der Waals surface area contributed by atoms with Crippen LogP contribution in [0.5, 0.6) is 5.88 Å². The normalized spacial score (nSPS) is 27.7. The number of sulfonamides is 1. The molecule has 7 rings (SSSR count). The standard InChI is InChI=1S/C34H42N6O6S.C5H11NO2.C2H6.3H2/c1-21-8-4-5-9-23-19-34(23,31(43)38-47(44,45)33(3)12-13-33)37-29(42)27-18-24(20-40(27)28(41)17-22(2)16-21)46-30-25-10-6-7-11-26(25)39-15-14-35-32(39)36-30;1-5(2,3)8-4(6)7;1-2;;;/h5-7,9-11,14-15,21-24,27H,4,8,12-13,16-20H2,1-3H3,(H,37,42)(H,38,43);1-3H3,(H2,6,7);1-2H3;3*1H/b9-5-;;;;;/t21-,22-,23-,24-,27+,34-;;;;;/m1...../s1. The molecular formula is C41H65N7O8S. The monoisotopic (exact) mass is 815 g/mol. The highest BCUT2D eigenvalue weighted by Gasteiger charge is 2.63. The zero-order valence-electron chi connectivity index (χ0n) is 34.4. The van der Waals surface area contributed by atoms with Gasteiger partial charge >= 0.3 is 6.09 Å². The summed E-state index contributed by atoms with van der Waals surface area (Å²) in [5.41, 5.74) is 3.72. The van der Waals surface area contributed by atoms with Gasteiger partial charge in [0.05, 0.1) is 22.2 Å². The number of hydrogen-bond donors (Lipinski definition) is 3. The molecule has 4 N–H and O–H groups in total. The van der Waals surface area contributed by atoms with Crippen LogP contribution in [0.15, 0.2) is 48.8 Å². The van der Waals surface area contributed by atoms with Crippen LogP contribution in [0.25, 0.3) is 16.7 Å². The second kappa shape index (κ2) is 17.0. The van der Waals surface area contributed by atoms with Gasteiger partial charge in [-0.25, -0.2) is 18.2 Å². The van der Waals surface area contributed by atoms with Gasteiger partial charge in [-0.3, -0.25) is 23.5 Å². The molecule has 2 aliphatic heterocycles. The quantitative estimate of drug-likeness (QED) is 0.251. The Kier molecular flexibility index (Phi) is 13.0. The highest BCUT2D eigenvalue weighted by Crippen LogP contribution is 2.47. The fraction of sp³-hybridized carbons (Fsp3) is 0.610. The van der Waals surface area contributed by atoms with Crippen LogP contribution in [0.1, 0.15) is 111 Å². The summed E-state index contributed by atoms with van der Waals surface area (Å²) in [5.74, 6) is -0.406. The number of para-hydroxylation sites is 1. The zero-order chi connectivity index (χ0) is 41.9. The number of aromatic nitrogens is 3. The van der Waals surface area contributed by atoms with Crippen molar-refractivity contribution in [2.75, 3.05) is 6.54 Å². The lowest BCUT2D eigenvalue weighted by Gasteiger charge is -2.28. The van der Waals surface area contributed by atoms with Crippen LogP contribution < -0.4 is 20.5 Å². The topological polar surface area (TPSA) is 204 Å². The van der Waals surface area contributed by atoms with Crippen molar-refractivity contribution in [3.05, 3.63) is 48.8 Å². The lowest BCUT2D eigenvalue weighted by molar-refractivity contribution is -0.140. The summed E-state index contributed by atoms with van der Waals surface area (Å²) >= 11 is 0. The molecule has 0 unspecified atom stereocenters. The number of allylic oxidation sites excluding steroid dienone is 1. The first kappa shape index (κ1) is 43.4. The third-order valence-corrected chi connectivity index (χ3v) is 13.1. The molecular weight excluding hydrogens is 751 g/mol. The van der Waals surface area contributed by atoms with E-state index in [9.17, 15) is 27.6 Å². The van der Waals surface area contributed by atoms with Gasteiger partial charge in [0.1, 0.15) is 23.3 Å². The summed E-state index contributed by atoms with van der Waals surface area (Å²) in [5, 5.41) is 3.71. The number of ether oxygens (including phenoxy) is 2. The molecule has 16 heteroatoms. The van der Waals surface area contributed by atoms with Crippen LogP contribution in [0.3, 0.4) is 0 Å². The first-order valence-corrected chi connectivity index (χ1v) is 21.5. The number of primary amides is 1. The van der Waals surface area contributed by atoms with E-state index < -0.39 is 56.0 Å². The Morgan fingerprint density at radius 1 is 1.09 bits per heavy atom. The Balaban J connectivity index is 0.000000860. The predicted octanol–water partition coefficient (Wildman–Crippen LogP) is 6.15. The number of nitrogens with two attached hydrogens (primary N) is 1. The van der Waals surface area contributed by atoms with E-state index in [2.05, 4.69) is 38.6 Å². The molecule has 6 atom stereocenters. The van der Waals surface area contributed by atoms with E-state index in [-0.39, 0.29) is 47.8 Å². The van der Waals surface area contributed by atoms with Gasteiger partial charge in [-0.05, 0) is 90.2 Å². The molecule has 2 aromatic heterocycles. The van der Waals surface area contributed by atoms with Crippen molar-refractivity contribution < 1.29 is 41.3 Å². The maximum absolute atomic E-state index is 14.1. The summed E-state index contributed by atoms with van der Waals surface area (Å²) < 4.78 is 40.3. The minimum Gasteiger partial charge on any atom is -0.472 e. The van der Waals surface area contributed by atoms with E-state index in [4.69, 9.17) is 10.5 Å². The number of hydrogen-bond acceptors (Lipinski definition) is 10. The summed E-state index contributed by atoms with van der Waals surface area (Å²) in [6, 6.07) is 6.77. The summed E-state index contributed by atoms with van der Waals surface area (Å²) in [6.45, 7) is 15.3. The Morgan fingerprint density at radius 2 is 1.79 bits per heavy atom. The molecule has 0 spiro atoms. The average molecular weight is 816 g/mol. The SMILES string of the molecule is CC.CC(C)(C)OC(N)=O.C[C@@H]1CC/C=C\[C@@H]2C[C@@]2(C(=O)NS(=O)(=O)C2(C)CC2)NC(=O)[C@@H]2C[C@@H](Oc3nc4nccn4c4ccccc34)CN2C(=O)C[C@H](C)C1.[HH].[HH].[HH]. The van der Waals surface area contributed by atoms with E-state index in [1.165, 1.54) is 0 Å². The maximum atomic E-state index is 14.1. The van der Waals surface area contributed by atoms with E-state index in [0.717, 1.165) is 30.2 Å².